The van der Waals surface area contributed by atoms with E-state index in [0.717, 1.165) is 24.8 Å². The second kappa shape index (κ2) is 8.63. The second-order valence-electron chi connectivity index (χ2n) is 8.61. The van der Waals surface area contributed by atoms with E-state index in [-0.39, 0.29) is 22.8 Å². The molecule has 1 aliphatic carbocycles. The van der Waals surface area contributed by atoms with E-state index in [1.807, 2.05) is 4.68 Å². The second-order valence-corrected chi connectivity index (χ2v) is 10.5. The molecule has 9 heteroatoms. The molecule has 1 aromatic heterocycles. The zero-order valence-corrected chi connectivity index (χ0v) is 18.6. The van der Waals surface area contributed by atoms with Gasteiger partial charge in [-0.1, -0.05) is 25.0 Å². The maximum Gasteiger partial charge on any atom is 0.243 e. The van der Waals surface area contributed by atoms with Crippen LogP contribution in [0.4, 0.5) is 0 Å². The minimum atomic E-state index is -3.62. The minimum absolute atomic E-state index is 0.0852. The molecule has 0 radical (unpaired) electrons. The Morgan fingerprint density at radius 2 is 1.90 bits per heavy atom. The SMILES string of the molecule is CC[C@@H](C)n1nnc2cc(S(=O)(=O)N3CCC(C(=O)NC4CCCC4)CC3)ccc21. The summed E-state index contributed by atoms with van der Waals surface area (Å²) in [5.41, 5.74) is 1.42. The first-order valence-corrected chi connectivity index (χ1v) is 12.5. The van der Waals surface area contributed by atoms with Crippen molar-refractivity contribution in [2.45, 2.75) is 75.8 Å². The Morgan fingerprint density at radius 1 is 1.20 bits per heavy atom. The van der Waals surface area contributed by atoms with Gasteiger partial charge < -0.3 is 5.32 Å². The van der Waals surface area contributed by atoms with Crippen molar-refractivity contribution in [1.29, 1.82) is 0 Å². The van der Waals surface area contributed by atoms with Gasteiger partial charge in [0.15, 0.2) is 0 Å². The van der Waals surface area contributed by atoms with Crippen molar-refractivity contribution >= 4 is 27.0 Å². The number of hydrogen-bond donors (Lipinski definition) is 1. The number of fused-ring (bicyclic) bond motifs is 1. The number of nitrogens with one attached hydrogen (secondary N) is 1. The van der Waals surface area contributed by atoms with E-state index in [9.17, 15) is 13.2 Å². The number of amides is 1. The van der Waals surface area contributed by atoms with Crippen molar-refractivity contribution in [3.8, 4) is 0 Å². The number of hydrogen-bond acceptors (Lipinski definition) is 5. The van der Waals surface area contributed by atoms with Crippen LogP contribution in [0.15, 0.2) is 23.1 Å². The summed E-state index contributed by atoms with van der Waals surface area (Å²) in [6, 6.07) is 5.53. The van der Waals surface area contributed by atoms with Crippen LogP contribution in [0.3, 0.4) is 0 Å². The lowest BCUT2D eigenvalue weighted by atomic mass is 9.97. The van der Waals surface area contributed by atoms with E-state index < -0.39 is 10.0 Å². The summed E-state index contributed by atoms with van der Waals surface area (Å²) in [5, 5.41) is 11.5. The van der Waals surface area contributed by atoms with Gasteiger partial charge in [0.05, 0.1) is 16.5 Å². The van der Waals surface area contributed by atoms with Crippen LogP contribution in [0, 0.1) is 5.92 Å². The van der Waals surface area contributed by atoms with Gasteiger partial charge in [-0.15, -0.1) is 5.10 Å². The Morgan fingerprint density at radius 3 is 2.57 bits per heavy atom. The Balaban J connectivity index is 1.43. The summed E-state index contributed by atoms with van der Waals surface area (Å²) in [5.74, 6) is -0.0167. The number of rotatable bonds is 6. The molecule has 2 aromatic rings. The smallest absolute Gasteiger partial charge is 0.243 e. The zero-order valence-electron chi connectivity index (χ0n) is 17.7. The average molecular weight is 434 g/mol. The molecule has 8 nitrogen and oxygen atoms in total. The molecule has 1 N–H and O–H groups in total. The van der Waals surface area contributed by atoms with Crippen LogP contribution in [0.25, 0.3) is 11.0 Å². The maximum absolute atomic E-state index is 13.2. The van der Waals surface area contributed by atoms with Crippen molar-refractivity contribution in [2.75, 3.05) is 13.1 Å². The third-order valence-corrected chi connectivity index (χ3v) is 8.51. The molecule has 2 aliphatic rings. The molecular weight excluding hydrogens is 402 g/mol. The monoisotopic (exact) mass is 433 g/mol. The van der Waals surface area contributed by atoms with Gasteiger partial charge in [0.1, 0.15) is 5.52 Å². The first kappa shape index (κ1) is 21.2. The van der Waals surface area contributed by atoms with Crippen LogP contribution < -0.4 is 5.32 Å². The Hall–Kier alpha value is -2.00. The van der Waals surface area contributed by atoms with Crippen molar-refractivity contribution < 1.29 is 13.2 Å². The van der Waals surface area contributed by atoms with Gasteiger partial charge in [0.25, 0.3) is 0 Å². The van der Waals surface area contributed by atoms with E-state index in [4.69, 9.17) is 0 Å². The van der Waals surface area contributed by atoms with E-state index in [2.05, 4.69) is 29.5 Å². The van der Waals surface area contributed by atoms with Gasteiger partial charge in [-0.05, 0) is 57.2 Å². The molecule has 164 valence electrons. The fourth-order valence-electron chi connectivity index (χ4n) is 4.48. The first-order valence-electron chi connectivity index (χ1n) is 11.1. The first-order chi connectivity index (χ1) is 14.4. The summed E-state index contributed by atoms with van der Waals surface area (Å²) >= 11 is 0. The Bertz CT molecular complexity index is 1000. The predicted molar refractivity (Wildman–Crippen MR) is 114 cm³/mol. The molecular formula is C21H31N5O3S. The Kier molecular flexibility index (Phi) is 6.11. The van der Waals surface area contributed by atoms with Crippen LogP contribution in [-0.4, -0.2) is 52.8 Å². The van der Waals surface area contributed by atoms with Crippen LogP contribution in [-0.2, 0) is 14.8 Å². The predicted octanol–water partition coefficient (Wildman–Crippen LogP) is 2.86. The fraction of sp³-hybridized carbons (Fsp3) is 0.667. The van der Waals surface area contributed by atoms with Crippen LogP contribution in [0.2, 0.25) is 0 Å². The van der Waals surface area contributed by atoms with E-state index >= 15 is 0 Å². The third kappa shape index (κ3) is 4.09. The molecule has 0 bridgehead atoms. The molecule has 1 atom stereocenters. The van der Waals surface area contributed by atoms with E-state index in [1.165, 1.54) is 17.1 Å². The highest BCUT2D eigenvalue weighted by Gasteiger charge is 2.33. The lowest BCUT2D eigenvalue weighted by molar-refractivity contribution is -0.126. The van der Waals surface area contributed by atoms with Crippen molar-refractivity contribution in [3.63, 3.8) is 0 Å². The number of carbonyl (C=O) groups is 1. The molecule has 0 spiro atoms. The highest BCUT2D eigenvalue weighted by Crippen LogP contribution is 2.27. The standard InChI is InChI=1S/C21H31N5O3S/c1-3-15(2)26-20-9-8-18(14-19(20)23-24-26)30(28,29)25-12-10-16(11-13-25)21(27)22-17-6-4-5-7-17/h8-9,14-17H,3-7,10-13H2,1-2H3,(H,22,27)/t15-/m1/s1. The molecule has 1 amide bonds. The highest BCUT2D eigenvalue weighted by molar-refractivity contribution is 7.89. The van der Waals surface area contributed by atoms with E-state index in [0.29, 0.717) is 37.5 Å². The van der Waals surface area contributed by atoms with Gasteiger partial charge in [0.2, 0.25) is 15.9 Å². The van der Waals surface area contributed by atoms with Gasteiger partial charge in [-0.2, -0.15) is 4.31 Å². The van der Waals surface area contributed by atoms with Crippen LogP contribution in [0.1, 0.15) is 64.8 Å². The number of aromatic nitrogens is 3. The maximum atomic E-state index is 13.2. The van der Waals surface area contributed by atoms with Crippen molar-refractivity contribution in [3.05, 3.63) is 18.2 Å². The lowest BCUT2D eigenvalue weighted by Gasteiger charge is -2.31. The molecule has 4 rings (SSSR count). The molecule has 30 heavy (non-hydrogen) atoms. The summed E-state index contributed by atoms with van der Waals surface area (Å²) < 4.78 is 29.6. The lowest BCUT2D eigenvalue weighted by Crippen LogP contribution is -2.44. The van der Waals surface area contributed by atoms with Gasteiger partial charge >= 0.3 is 0 Å². The minimum Gasteiger partial charge on any atom is -0.353 e. The van der Waals surface area contributed by atoms with Crippen molar-refractivity contribution in [2.24, 2.45) is 5.92 Å². The summed E-state index contributed by atoms with van der Waals surface area (Å²) in [6.07, 6.45) is 6.51. The number of sulfonamides is 1. The summed E-state index contributed by atoms with van der Waals surface area (Å²) in [7, 11) is -3.62. The molecule has 2 fully saturated rings. The molecule has 1 aromatic carbocycles. The largest absolute Gasteiger partial charge is 0.353 e. The number of carbonyl (C=O) groups excluding carboxylic acids is 1. The summed E-state index contributed by atoms with van der Waals surface area (Å²) in [6.45, 7) is 4.87. The quantitative estimate of drug-likeness (QED) is 0.755. The molecule has 0 unspecified atom stereocenters. The normalized spacial score (nSPS) is 20.6. The Labute approximate surface area is 178 Å². The number of piperidine rings is 1. The molecule has 1 saturated carbocycles. The van der Waals surface area contributed by atoms with Crippen LogP contribution >= 0.6 is 0 Å². The van der Waals surface area contributed by atoms with Crippen molar-refractivity contribution in [1.82, 2.24) is 24.6 Å². The number of benzene rings is 1. The van der Waals surface area contributed by atoms with E-state index in [1.54, 1.807) is 18.2 Å². The average Bonchev–Trinajstić information content (AvgIpc) is 3.42. The highest BCUT2D eigenvalue weighted by atomic mass is 32.2. The summed E-state index contributed by atoms with van der Waals surface area (Å²) in [4.78, 5) is 12.7. The number of nitrogens with zero attached hydrogens (tertiary/aromatic N) is 4. The third-order valence-electron chi connectivity index (χ3n) is 6.61. The van der Waals surface area contributed by atoms with Gasteiger partial charge in [-0.25, -0.2) is 13.1 Å². The molecule has 1 saturated heterocycles. The fourth-order valence-corrected chi connectivity index (χ4v) is 5.97. The molecule has 2 heterocycles. The zero-order chi connectivity index (χ0) is 21.3. The molecule has 1 aliphatic heterocycles. The van der Waals surface area contributed by atoms with Gasteiger partial charge in [0, 0.05) is 25.0 Å². The van der Waals surface area contributed by atoms with Gasteiger partial charge in [-0.3, -0.25) is 4.79 Å². The topological polar surface area (TPSA) is 97.2 Å². The van der Waals surface area contributed by atoms with Crippen LogP contribution in [0.5, 0.6) is 0 Å².